The lowest BCUT2D eigenvalue weighted by Gasteiger charge is -2.23. The fourth-order valence-electron chi connectivity index (χ4n) is 2.04. The van der Waals surface area contributed by atoms with Gasteiger partial charge < -0.3 is 10.6 Å². The van der Waals surface area contributed by atoms with Crippen molar-refractivity contribution in [2.45, 2.75) is 20.4 Å². The highest BCUT2D eigenvalue weighted by Gasteiger charge is 2.09. The van der Waals surface area contributed by atoms with Crippen LogP contribution < -0.4 is 10.6 Å². The molecular formula is C17H20N2S. The first kappa shape index (κ1) is 14.6. The zero-order chi connectivity index (χ0) is 14.4. The molecule has 0 fully saturated rings. The maximum Gasteiger partial charge on any atom is 0.0555 e. The number of benzene rings is 1. The van der Waals surface area contributed by atoms with Crippen LogP contribution in [0.15, 0.2) is 35.7 Å². The summed E-state index contributed by atoms with van der Waals surface area (Å²) < 4.78 is 0. The van der Waals surface area contributed by atoms with Gasteiger partial charge in [-0.15, -0.1) is 11.3 Å². The number of nitrogens with zero attached hydrogens (tertiary/aromatic N) is 1. The first-order valence-electron chi connectivity index (χ1n) is 6.81. The molecule has 20 heavy (non-hydrogen) atoms. The van der Waals surface area contributed by atoms with Crippen LogP contribution >= 0.6 is 11.3 Å². The third-order valence-electron chi connectivity index (χ3n) is 3.19. The Balaban J connectivity index is 2.18. The quantitative estimate of drug-likeness (QED) is 0.872. The van der Waals surface area contributed by atoms with Crippen LogP contribution in [0, 0.1) is 18.8 Å². The van der Waals surface area contributed by atoms with Gasteiger partial charge in [-0.2, -0.15) is 0 Å². The van der Waals surface area contributed by atoms with Gasteiger partial charge in [0, 0.05) is 22.7 Å². The second kappa shape index (κ2) is 7.14. The van der Waals surface area contributed by atoms with Gasteiger partial charge in [-0.25, -0.2) is 0 Å². The van der Waals surface area contributed by atoms with E-state index in [0.717, 1.165) is 18.7 Å². The monoisotopic (exact) mass is 284 g/mol. The van der Waals surface area contributed by atoms with Crippen LogP contribution in [0.25, 0.3) is 0 Å². The van der Waals surface area contributed by atoms with E-state index in [1.54, 1.807) is 11.3 Å². The van der Waals surface area contributed by atoms with Crippen LogP contribution in [-0.4, -0.2) is 13.1 Å². The summed E-state index contributed by atoms with van der Waals surface area (Å²) >= 11 is 1.76. The van der Waals surface area contributed by atoms with Crippen molar-refractivity contribution in [2.24, 2.45) is 5.73 Å². The number of hydrogen-bond acceptors (Lipinski definition) is 3. The molecule has 0 bridgehead atoms. The summed E-state index contributed by atoms with van der Waals surface area (Å²) in [5.41, 5.74) is 9.09. The lowest BCUT2D eigenvalue weighted by molar-refractivity contribution is 0.841. The highest BCUT2D eigenvalue weighted by atomic mass is 32.1. The summed E-state index contributed by atoms with van der Waals surface area (Å²) in [6, 6.07) is 10.7. The Kier molecular flexibility index (Phi) is 5.23. The number of aryl methyl sites for hydroxylation is 1. The molecule has 3 heteroatoms. The first-order chi connectivity index (χ1) is 9.74. The molecule has 0 atom stereocenters. The molecule has 0 aliphatic carbocycles. The molecule has 104 valence electrons. The van der Waals surface area contributed by atoms with Crippen molar-refractivity contribution in [2.75, 3.05) is 18.0 Å². The fourth-order valence-corrected chi connectivity index (χ4v) is 2.88. The van der Waals surface area contributed by atoms with Gasteiger partial charge in [0.05, 0.1) is 13.1 Å². The van der Waals surface area contributed by atoms with Crippen LogP contribution in [0.1, 0.15) is 22.9 Å². The predicted octanol–water partition coefficient (Wildman–Crippen LogP) is 3.39. The number of anilines is 1. The molecule has 0 amide bonds. The van der Waals surface area contributed by atoms with Gasteiger partial charge in [-0.05, 0) is 37.4 Å². The minimum atomic E-state index is 0.407. The van der Waals surface area contributed by atoms with Gasteiger partial charge in [0.15, 0.2) is 0 Å². The standard InChI is InChI=1S/C17H20N2S/c1-3-19(16-8-6-14(2)7-9-16)13-17-15(5-4-11-18)10-12-20-17/h6-10,12H,3,11,13,18H2,1-2H3. The summed E-state index contributed by atoms with van der Waals surface area (Å²) in [5, 5.41) is 2.10. The zero-order valence-electron chi connectivity index (χ0n) is 12.0. The SMILES string of the molecule is CCN(Cc1sccc1C#CCN)c1ccc(C)cc1. The largest absolute Gasteiger partial charge is 0.367 e. The number of rotatable bonds is 4. The molecule has 1 aromatic carbocycles. The Morgan fingerprint density at radius 2 is 1.95 bits per heavy atom. The van der Waals surface area contributed by atoms with E-state index in [4.69, 9.17) is 5.73 Å². The van der Waals surface area contributed by atoms with Crippen molar-refractivity contribution in [1.82, 2.24) is 0 Å². The maximum absolute atomic E-state index is 5.45. The molecule has 2 rings (SSSR count). The summed E-state index contributed by atoms with van der Waals surface area (Å²) in [7, 11) is 0. The average Bonchev–Trinajstić information content (AvgIpc) is 2.91. The van der Waals surface area contributed by atoms with E-state index >= 15 is 0 Å². The van der Waals surface area contributed by atoms with E-state index < -0.39 is 0 Å². The van der Waals surface area contributed by atoms with Crippen molar-refractivity contribution < 1.29 is 0 Å². The Morgan fingerprint density at radius 3 is 2.60 bits per heavy atom. The van der Waals surface area contributed by atoms with Crippen molar-refractivity contribution in [1.29, 1.82) is 0 Å². The molecule has 2 aromatic rings. The van der Waals surface area contributed by atoms with Gasteiger partial charge >= 0.3 is 0 Å². The van der Waals surface area contributed by atoms with Crippen molar-refractivity contribution >= 4 is 17.0 Å². The highest BCUT2D eigenvalue weighted by Crippen LogP contribution is 2.22. The minimum Gasteiger partial charge on any atom is -0.367 e. The molecule has 0 radical (unpaired) electrons. The van der Waals surface area contributed by atoms with E-state index in [-0.39, 0.29) is 0 Å². The van der Waals surface area contributed by atoms with Crippen LogP contribution in [-0.2, 0) is 6.54 Å². The topological polar surface area (TPSA) is 29.3 Å². The molecular weight excluding hydrogens is 264 g/mol. The summed E-state index contributed by atoms with van der Waals surface area (Å²) in [6.45, 7) is 6.57. The second-order valence-corrected chi connectivity index (χ2v) is 5.61. The Bertz CT molecular complexity index is 602. The van der Waals surface area contributed by atoms with Gasteiger partial charge in [0.1, 0.15) is 0 Å². The lowest BCUT2D eigenvalue weighted by Crippen LogP contribution is -2.21. The average molecular weight is 284 g/mol. The van der Waals surface area contributed by atoms with Crippen molar-refractivity contribution in [3.8, 4) is 11.8 Å². The van der Waals surface area contributed by atoms with Gasteiger partial charge in [0.2, 0.25) is 0 Å². The van der Waals surface area contributed by atoms with E-state index in [0.29, 0.717) is 6.54 Å². The summed E-state index contributed by atoms with van der Waals surface area (Å²) in [6.07, 6.45) is 0. The third-order valence-corrected chi connectivity index (χ3v) is 4.09. The molecule has 2 nitrogen and oxygen atoms in total. The molecule has 0 saturated heterocycles. The number of hydrogen-bond donors (Lipinski definition) is 1. The molecule has 0 aliphatic heterocycles. The fraction of sp³-hybridized carbons (Fsp3) is 0.294. The Labute approximate surface area is 125 Å². The maximum atomic E-state index is 5.45. The predicted molar refractivity (Wildman–Crippen MR) is 88.2 cm³/mol. The highest BCUT2D eigenvalue weighted by molar-refractivity contribution is 7.10. The van der Waals surface area contributed by atoms with Crippen LogP contribution in [0.3, 0.4) is 0 Å². The van der Waals surface area contributed by atoms with E-state index in [9.17, 15) is 0 Å². The smallest absolute Gasteiger partial charge is 0.0555 e. The second-order valence-electron chi connectivity index (χ2n) is 4.61. The van der Waals surface area contributed by atoms with Crippen LogP contribution in [0.2, 0.25) is 0 Å². The zero-order valence-corrected chi connectivity index (χ0v) is 12.8. The van der Waals surface area contributed by atoms with E-state index in [1.807, 2.05) is 0 Å². The van der Waals surface area contributed by atoms with Crippen LogP contribution in [0.5, 0.6) is 0 Å². The minimum absolute atomic E-state index is 0.407. The van der Waals surface area contributed by atoms with Gasteiger partial charge in [-0.3, -0.25) is 0 Å². The van der Waals surface area contributed by atoms with E-state index in [1.165, 1.54) is 16.1 Å². The Hall–Kier alpha value is -1.76. The van der Waals surface area contributed by atoms with Crippen molar-refractivity contribution in [3.63, 3.8) is 0 Å². The summed E-state index contributed by atoms with van der Waals surface area (Å²) in [5.74, 6) is 6.09. The molecule has 0 aliphatic rings. The number of thiophene rings is 1. The number of nitrogens with two attached hydrogens (primary N) is 1. The molecule has 1 aromatic heterocycles. The molecule has 0 spiro atoms. The third kappa shape index (κ3) is 3.63. The van der Waals surface area contributed by atoms with Gasteiger partial charge in [-0.1, -0.05) is 29.5 Å². The Morgan fingerprint density at radius 1 is 1.20 bits per heavy atom. The first-order valence-corrected chi connectivity index (χ1v) is 7.69. The van der Waals surface area contributed by atoms with Crippen molar-refractivity contribution in [3.05, 3.63) is 51.7 Å². The van der Waals surface area contributed by atoms with Crippen LogP contribution in [0.4, 0.5) is 5.69 Å². The molecule has 0 unspecified atom stereocenters. The molecule has 1 heterocycles. The molecule has 0 saturated carbocycles. The van der Waals surface area contributed by atoms with E-state index in [2.05, 4.69) is 66.3 Å². The lowest BCUT2D eigenvalue weighted by atomic mass is 10.2. The summed E-state index contributed by atoms with van der Waals surface area (Å²) in [4.78, 5) is 3.66. The molecule has 2 N–H and O–H groups in total. The normalized spacial score (nSPS) is 9.95. The van der Waals surface area contributed by atoms with Gasteiger partial charge in [0.25, 0.3) is 0 Å².